The highest BCUT2D eigenvalue weighted by Gasteiger charge is 2.18. The topological polar surface area (TPSA) is 97.0 Å². The molecule has 198 valence electrons. The number of rotatable bonds is 3. The van der Waals surface area contributed by atoms with Crippen molar-refractivity contribution < 1.29 is 14.4 Å². The van der Waals surface area contributed by atoms with Gasteiger partial charge in [0, 0.05) is 38.9 Å². The van der Waals surface area contributed by atoms with Gasteiger partial charge in [0.15, 0.2) is 0 Å². The van der Waals surface area contributed by atoms with Crippen LogP contribution in [0, 0.1) is 0 Å². The van der Waals surface area contributed by atoms with Crippen LogP contribution in [0.15, 0.2) is 91.0 Å². The smallest absolute Gasteiger partial charge is 0.240 e. The molecule has 0 aromatic heterocycles. The molecule has 0 spiro atoms. The second kappa shape index (κ2) is 13.7. The third kappa shape index (κ3) is 7.99. The summed E-state index contributed by atoms with van der Waals surface area (Å²) in [5.74, 6) is 0.309. The Balaban J connectivity index is 0.000000133. The number of hydrogen-bond donors (Lipinski definition) is 3. The summed E-state index contributed by atoms with van der Waals surface area (Å²) >= 11 is 0. The Labute approximate surface area is 223 Å². The first-order valence-corrected chi connectivity index (χ1v) is 12.9. The van der Waals surface area contributed by atoms with Crippen LogP contribution in [0.2, 0.25) is 0 Å². The average Bonchev–Trinajstić information content (AvgIpc) is 3.41. The Morgan fingerprint density at radius 1 is 0.421 bits per heavy atom. The third-order valence-corrected chi connectivity index (χ3v) is 6.12. The number of amides is 3. The van der Waals surface area contributed by atoms with Gasteiger partial charge in [0.2, 0.25) is 17.7 Å². The van der Waals surface area contributed by atoms with Crippen LogP contribution in [0.3, 0.4) is 0 Å². The predicted octanol–water partition coefficient (Wildman–Crippen LogP) is 3.56. The van der Waals surface area contributed by atoms with Gasteiger partial charge in [-0.05, 0) is 49.2 Å². The first kappa shape index (κ1) is 26.5. The van der Waals surface area contributed by atoms with Crippen LogP contribution in [-0.4, -0.2) is 37.4 Å². The lowest BCUT2D eigenvalue weighted by atomic mass is 10.2. The van der Waals surface area contributed by atoms with Crippen LogP contribution < -0.4 is 31.3 Å². The summed E-state index contributed by atoms with van der Waals surface area (Å²) in [6, 6.07) is 29.6. The zero-order valence-corrected chi connectivity index (χ0v) is 21.4. The number of para-hydroxylation sites is 3. The first-order valence-electron chi connectivity index (χ1n) is 12.9. The molecule has 3 aromatic carbocycles. The van der Waals surface area contributed by atoms with E-state index in [0.29, 0.717) is 19.3 Å². The molecule has 3 aliphatic heterocycles. The predicted molar refractivity (Wildman–Crippen MR) is 149 cm³/mol. The minimum absolute atomic E-state index is 0.0962. The molecule has 3 aromatic rings. The van der Waals surface area contributed by atoms with E-state index >= 15 is 0 Å². The highest BCUT2D eigenvalue weighted by molar-refractivity contribution is 5.81. The van der Waals surface area contributed by atoms with E-state index < -0.39 is 0 Å². The van der Waals surface area contributed by atoms with Crippen molar-refractivity contribution in [3.8, 4) is 0 Å². The van der Waals surface area contributed by atoms with Gasteiger partial charge in [0.25, 0.3) is 0 Å². The van der Waals surface area contributed by atoms with Crippen molar-refractivity contribution in [2.75, 3.05) is 34.7 Å². The zero-order valence-electron chi connectivity index (χ0n) is 21.4. The van der Waals surface area contributed by atoms with Crippen LogP contribution in [-0.2, 0) is 14.4 Å². The molecule has 6 rings (SSSR count). The third-order valence-electron chi connectivity index (χ3n) is 6.12. The number of hydrogen-bond acceptors (Lipinski definition) is 6. The monoisotopic (exact) mass is 514 g/mol. The van der Waals surface area contributed by atoms with E-state index in [1.807, 2.05) is 106 Å². The molecule has 3 heterocycles. The summed E-state index contributed by atoms with van der Waals surface area (Å²) in [6.45, 7) is 2.56. The van der Waals surface area contributed by atoms with Gasteiger partial charge in [0.1, 0.15) is 0 Å². The van der Waals surface area contributed by atoms with Crippen molar-refractivity contribution in [1.82, 2.24) is 16.3 Å². The first-order chi connectivity index (χ1) is 18.6. The fourth-order valence-electron chi connectivity index (χ4n) is 4.20. The lowest BCUT2D eigenvalue weighted by Crippen LogP contribution is -2.46. The van der Waals surface area contributed by atoms with E-state index in [-0.39, 0.29) is 17.7 Å². The second-order valence-electron chi connectivity index (χ2n) is 9.02. The summed E-state index contributed by atoms with van der Waals surface area (Å²) in [5.41, 5.74) is 11.6. The van der Waals surface area contributed by atoms with E-state index in [9.17, 15) is 14.4 Å². The normalized spacial score (nSPS) is 16.7. The van der Waals surface area contributed by atoms with E-state index in [1.54, 1.807) is 0 Å². The minimum atomic E-state index is 0.0962. The fourth-order valence-corrected chi connectivity index (χ4v) is 4.20. The molecular weight excluding hydrogens is 480 g/mol. The largest absolute Gasteiger partial charge is 0.286 e. The number of anilines is 3. The molecule has 0 bridgehead atoms. The van der Waals surface area contributed by atoms with Crippen molar-refractivity contribution in [3.05, 3.63) is 91.0 Å². The summed E-state index contributed by atoms with van der Waals surface area (Å²) < 4.78 is 0. The Kier molecular flexibility index (Phi) is 9.56. The van der Waals surface area contributed by atoms with Gasteiger partial charge in [-0.2, -0.15) is 0 Å². The summed E-state index contributed by atoms with van der Waals surface area (Å²) in [5, 5.41) is 5.65. The molecule has 0 atom stereocenters. The summed E-state index contributed by atoms with van der Waals surface area (Å²) in [7, 11) is 0. The molecule has 3 N–H and O–H groups in total. The standard InChI is InChI=1S/2C10H12N2O.C9H10N2O/c2*13-10-7-4-8-12(11-10)9-5-2-1-3-6-9;12-9-6-7-11(10-9)8-4-2-1-3-5-8/h2*1-3,5-6H,4,7-8H2,(H,11,13);1-5H,6-7H2,(H,10,12). The van der Waals surface area contributed by atoms with E-state index in [2.05, 4.69) is 16.3 Å². The van der Waals surface area contributed by atoms with Gasteiger partial charge in [-0.1, -0.05) is 54.6 Å². The van der Waals surface area contributed by atoms with Gasteiger partial charge in [-0.25, -0.2) is 0 Å². The molecule has 38 heavy (non-hydrogen) atoms. The molecule has 0 radical (unpaired) electrons. The van der Waals surface area contributed by atoms with Gasteiger partial charge in [-0.3, -0.25) is 45.7 Å². The number of benzene rings is 3. The van der Waals surface area contributed by atoms with Gasteiger partial charge in [0.05, 0.1) is 17.1 Å². The van der Waals surface area contributed by atoms with Crippen molar-refractivity contribution >= 4 is 34.8 Å². The Morgan fingerprint density at radius 3 is 1.03 bits per heavy atom. The van der Waals surface area contributed by atoms with Crippen molar-refractivity contribution in [1.29, 1.82) is 0 Å². The molecule has 3 amide bonds. The quantitative estimate of drug-likeness (QED) is 0.495. The van der Waals surface area contributed by atoms with Crippen LogP contribution in [0.5, 0.6) is 0 Å². The van der Waals surface area contributed by atoms with E-state index in [0.717, 1.165) is 49.5 Å². The number of nitrogens with zero attached hydrogens (tertiary/aromatic N) is 3. The molecule has 0 aliphatic carbocycles. The van der Waals surface area contributed by atoms with E-state index in [1.165, 1.54) is 0 Å². The molecule has 0 saturated carbocycles. The summed E-state index contributed by atoms with van der Waals surface area (Å²) in [4.78, 5) is 33.1. The van der Waals surface area contributed by atoms with Crippen LogP contribution in [0.4, 0.5) is 17.1 Å². The highest BCUT2D eigenvalue weighted by atomic mass is 16.2. The Bertz CT molecular complexity index is 1110. The molecule has 3 saturated heterocycles. The number of carbonyl (C=O) groups is 3. The maximum absolute atomic E-state index is 11.1. The van der Waals surface area contributed by atoms with Crippen molar-refractivity contribution in [3.63, 3.8) is 0 Å². The minimum Gasteiger partial charge on any atom is -0.286 e. The van der Waals surface area contributed by atoms with Gasteiger partial charge >= 0.3 is 0 Å². The zero-order chi connectivity index (χ0) is 26.6. The van der Waals surface area contributed by atoms with Gasteiger partial charge < -0.3 is 0 Å². The van der Waals surface area contributed by atoms with Crippen molar-refractivity contribution in [2.24, 2.45) is 0 Å². The summed E-state index contributed by atoms with van der Waals surface area (Å²) in [6.07, 6.45) is 3.74. The SMILES string of the molecule is O=C1CCCN(c2ccccc2)N1.O=C1CCCN(c2ccccc2)N1.O=C1CCN(c2ccccc2)N1. The van der Waals surface area contributed by atoms with Crippen LogP contribution in [0.25, 0.3) is 0 Å². The van der Waals surface area contributed by atoms with Crippen LogP contribution >= 0.6 is 0 Å². The fraction of sp³-hybridized carbons (Fsp3) is 0.276. The second-order valence-corrected chi connectivity index (χ2v) is 9.02. The maximum Gasteiger partial charge on any atom is 0.240 e. The molecule has 0 unspecified atom stereocenters. The number of carbonyl (C=O) groups excluding carboxylic acids is 3. The van der Waals surface area contributed by atoms with Crippen LogP contribution in [0.1, 0.15) is 32.1 Å². The molecule has 3 fully saturated rings. The Morgan fingerprint density at radius 2 is 0.737 bits per heavy atom. The maximum atomic E-state index is 11.1. The molecule has 9 heteroatoms. The average molecular weight is 515 g/mol. The lowest BCUT2D eigenvalue weighted by molar-refractivity contribution is -0.123. The molecular formula is C29H34N6O3. The molecule has 9 nitrogen and oxygen atoms in total. The Hall–Kier alpha value is -4.53. The van der Waals surface area contributed by atoms with Crippen molar-refractivity contribution in [2.45, 2.75) is 32.1 Å². The highest BCUT2D eigenvalue weighted by Crippen LogP contribution is 2.16. The molecule has 3 aliphatic rings. The van der Waals surface area contributed by atoms with E-state index in [4.69, 9.17) is 0 Å². The lowest BCUT2D eigenvalue weighted by Gasteiger charge is -2.28. The number of nitrogens with one attached hydrogen (secondary N) is 3. The van der Waals surface area contributed by atoms with Gasteiger partial charge in [-0.15, -0.1) is 0 Å². The number of hydrazine groups is 3.